The number of aryl methyl sites for hydroxylation is 1. The van der Waals surface area contributed by atoms with E-state index in [9.17, 15) is 4.79 Å². The Labute approximate surface area is 67.4 Å². The second-order valence-electron chi connectivity index (χ2n) is 2.00. The van der Waals surface area contributed by atoms with Gasteiger partial charge in [0.2, 0.25) is 11.0 Å². The molecular weight excluding hydrogens is 164 g/mol. The van der Waals surface area contributed by atoms with Crippen molar-refractivity contribution in [3.8, 4) is 0 Å². The fraction of sp³-hybridized carbons (Fsp3) is 0.400. The van der Waals surface area contributed by atoms with Crippen LogP contribution < -0.4 is 11.5 Å². The summed E-state index contributed by atoms with van der Waals surface area (Å²) in [4.78, 5) is 10.3. The zero-order chi connectivity index (χ0) is 8.27. The van der Waals surface area contributed by atoms with Gasteiger partial charge in [-0.05, 0) is 0 Å². The molecule has 1 amide bonds. The summed E-state index contributed by atoms with van der Waals surface area (Å²) in [6, 6.07) is 0. The molecule has 0 saturated heterocycles. The molecule has 5 nitrogen and oxygen atoms in total. The van der Waals surface area contributed by atoms with Crippen LogP contribution in [0.25, 0.3) is 0 Å². The van der Waals surface area contributed by atoms with Gasteiger partial charge in [-0.15, -0.1) is 10.2 Å². The molecule has 0 atom stereocenters. The standard InChI is InChI=1S/C5H8N4OS/c6-3(10)1-2-4-8-9-5(7)11-4/h1-2H2,(H2,6,10)(H2,7,9). The highest BCUT2D eigenvalue weighted by Gasteiger charge is 2.02. The molecule has 1 rings (SSSR count). The molecule has 6 heteroatoms. The van der Waals surface area contributed by atoms with Gasteiger partial charge in [0.05, 0.1) is 0 Å². The van der Waals surface area contributed by atoms with E-state index in [0.29, 0.717) is 18.0 Å². The summed E-state index contributed by atoms with van der Waals surface area (Å²) >= 11 is 1.28. The van der Waals surface area contributed by atoms with Crippen molar-refractivity contribution in [1.82, 2.24) is 10.2 Å². The highest BCUT2D eigenvalue weighted by atomic mass is 32.1. The molecular formula is C5H8N4OS. The van der Waals surface area contributed by atoms with Gasteiger partial charge in [0.15, 0.2) is 0 Å². The minimum atomic E-state index is -0.334. The van der Waals surface area contributed by atoms with E-state index in [0.717, 1.165) is 5.01 Å². The van der Waals surface area contributed by atoms with Crippen molar-refractivity contribution in [2.75, 3.05) is 5.73 Å². The molecule has 0 aliphatic heterocycles. The Morgan fingerprint density at radius 2 is 2.27 bits per heavy atom. The van der Waals surface area contributed by atoms with Crippen LogP contribution in [0.4, 0.5) is 5.13 Å². The predicted octanol–water partition coefficient (Wildman–Crippen LogP) is -0.462. The molecule has 1 aromatic heterocycles. The van der Waals surface area contributed by atoms with Crippen molar-refractivity contribution in [2.24, 2.45) is 5.73 Å². The first kappa shape index (κ1) is 7.93. The molecule has 0 fully saturated rings. The molecule has 1 aromatic rings. The van der Waals surface area contributed by atoms with Gasteiger partial charge in [0.1, 0.15) is 5.01 Å². The molecule has 0 aliphatic rings. The van der Waals surface area contributed by atoms with E-state index in [1.807, 2.05) is 0 Å². The quantitative estimate of drug-likeness (QED) is 0.644. The number of hydrogen-bond acceptors (Lipinski definition) is 5. The summed E-state index contributed by atoms with van der Waals surface area (Å²) in [7, 11) is 0. The lowest BCUT2D eigenvalue weighted by Gasteiger charge is -1.88. The molecule has 0 aromatic carbocycles. The molecule has 0 saturated carbocycles. The van der Waals surface area contributed by atoms with Gasteiger partial charge in [-0.25, -0.2) is 0 Å². The van der Waals surface area contributed by atoms with Crippen molar-refractivity contribution in [2.45, 2.75) is 12.8 Å². The van der Waals surface area contributed by atoms with Crippen LogP contribution in [-0.4, -0.2) is 16.1 Å². The predicted molar refractivity (Wildman–Crippen MR) is 41.8 cm³/mol. The van der Waals surface area contributed by atoms with Gasteiger partial charge in [-0.1, -0.05) is 11.3 Å². The minimum absolute atomic E-state index is 0.300. The maximum Gasteiger partial charge on any atom is 0.217 e. The van der Waals surface area contributed by atoms with Crippen LogP contribution in [-0.2, 0) is 11.2 Å². The van der Waals surface area contributed by atoms with E-state index in [1.54, 1.807) is 0 Å². The molecule has 0 unspecified atom stereocenters. The number of nitrogen functional groups attached to an aromatic ring is 1. The maximum atomic E-state index is 10.3. The number of rotatable bonds is 3. The fourth-order valence-electron chi connectivity index (χ4n) is 0.598. The van der Waals surface area contributed by atoms with E-state index in [1.165, 1.54) is 11.3 Å². The summed E-state index contributed by atoms with van der Waals surface area (Å²) in [5, 5.41) is 8.48. The molecule has 0 aliphatic carbocycles. The van der Waals surface area contributed by atoms with E-state index >= 15 is 0 Å². The zero-order valence-corrected chi connectivity index (χ0v) is 6.60. The normalized spacial score (nSPS) is 9.82. The Kier molecular flexibility index (Phi) is 2.37. The Balaban J connectivity index is 2.45. The molecule has 0 bridgehead atoms. The topological polar surface area (TPSA) is 94.9 Å². The van der Waals surface area contributed by atoms with Gasteiger partial charge in [-0.3, -0.25) is 4.79 Å². The van der Waals surface area contributed by atoms with Crippen LogP contribution in [0.5, 0.6) is 0 Å². The summed E-state index contributed by atoms with van der Waals surface area (Å²) in [5.74, 6) is -0.334. The van der Waals surface area contributed by atoms with Crippen molar-refractivity contribution in [3.05, 3.63) is 5.01 Å². The van der Waals surface area contributed by atoms with Crippen LogP contribution in [0.15, 0.2) is 0 Å². The molecule has 0 radical (unpaired) electrons. The number of nitrogens with zero attached hydrogens (tertiary/aromatic N) is 2. The van der Waals surface area contributed by atoms with Crippen molar-refractivity contribution < 1.29 is 4.79 Å². The van der Waals surface area contributed by atoms with Crippen molar-refractivity contribution >= 4 is 22.4 Å². The van der Waals surface area contributed by atoms with E-state index < -0.39 is 0 Å². The number of carbonyl (C=O) groups excluding carboxylic acids is 1. The highest BCUT2D eigenvalue weighted by Crippen LogP contribution is 2.11. The van der Waals surface area contributed by atoms with Crippen LogP contribution in [0.3, 0.4) is 0 Å². The average Bonchev–Trinajstić information content (AvgIpc) is 2.31. The third kappa shape index (κ3) is 2.50. The number of nitrogens with two attached hydrogens (primary N) is 2. The van der Waals surface area contributed by atoms with Crippen molar-refractivity contribution in [1.29, 1.82) is 0 Å². The summed E-state index contributed by atoms with van der Waals surface area (Å²) in [5.41, 5.74) is 10.2. The lowest BCUT2D eigenvalue weighted by atomic mass is 10.3. The number of amides is 1. The molecule has 1 heterocycles. The van der Waals surface area contributed by atoms with Gasteiger partial charge in [0.25, 0.3) is 0 Å². The zero-order valence-electron chi connectivity index (χ0n) is 5.78. The first-order valence-electron chi connectivity index (χ1n) is 3.04. The third-order valence-electron chi connectivity index (χ3n) is 1.07. The largest absolute Gasteiger partial charge is 0.374 e. The van der Waals surface area contributed by atoms with Crippen LogP contribution in [0, 0.1) is 0 Å². The SMILES string of the molecule is NC(=O)CCc1nnc(N)s1. The smallest absolute Gasteiger partial charge is 0.217 e. The molecule has 60 valence electrons. The summed E-state index contributed by atoms with van der Waals surface area (Å²) in [6.07, 6.45) is 0.832. The van der Waals surface area contributed by atoms with E-state index in [4.69, 9.17) is 11.5 Å². The molecule has 4 N–H and O–H groups in total. The monoisotopic (exact) mass is 172 g/mol. The average molecular weight is 172 g/mol. The Bertz CT molecular complexity index is 259. The number of carbonyl (C=O) groups is 1. The fourth-order valence-corrected chi connectivity index (χ4v) is 1.21. The second-order valence-corrected chi connectivity index (χ2v) is 3.09. The Morgan fingerprint density at radius 1 is 1.55 bits per heavy atom. The Morgan fingerprint density at radius 3 is 2.73 bits per heavy atom. The Hall–Kier alpha value is -1.17. The number of aromatic nitrogens is 2. The first-order valence-corrected chi connectivity index (χ1v) is 3.86. The molecule has 11 heavy (non-hydrogen) atoms. The number of hydrogen-bond donors (Lipinski definition) is 2. The summed E-state index contributed by atoms with van der Waals surface area (Å²) in [6.45, 7) is 0. The van der Waals surface area contributed by atoms with Crippen LogP contribution in [0.1, 0.15) is 11.4 Å². The lowest BCUT2D eigenvalue weighted by Crippen LogP contribution is -2.11. The lowest BCUT2D eigenvalue weighted by molar-refractivity contribution is -0.117. The van der Waals surface area contributed by atoms with Crippen LogP contribution in [0.2, 0.25) is 0 Å². The number of primary amides is 1. The van der Waals surface area contributed by atoms with Gasteiger partial charge in [-0.2, -0.15) is 0 Å². The van der Waals surface area contributed by atoms with Crippen molar-refractivity contribution in [3.63, 3.8) is 0 Å². The molecule has 0 spiro atoms. The second kappa shape index (κ2) is 3.29. The van der Waals surface area contributed by atoms with E-state index in [-0.39, 0.29) is 5.91 Å². The maximum absolute atomic E-state index is 10.3. The summed E-state index contributed by atoms with van der Waals surface area (Å²) < 4.78 is 0. The third-order valence-corrected chi connectivity index (χ3v) is 1.88. The van der Waals surface area contributed by atoms with Crippen LogP contribution >= 0.6 is 11.3 Å². The van der Waals surface area contributed by atoms with E-state index in [2.05, 4.69) is 10.2 Å². The number of anilines is 1. The van der Waals surface area contributed by atoms with Gasteiger partial charge >= 0.3 is 0 Å². The minimum Gasteiger partial charge on any atom is -0.374 e. The van der Waals surface area contributed by atoms with Gasteiger partial charge in [0, 0.05) is 12.8 Å². The highest BCUT2D eigenvalue weighted by molar-refractivity contribution is 7.15. The first-order chi connectivity index (χ1) is 5.18. The van der Waals surface area contributed by atoms with Gasteiger partial charge < -0.3 is 11.5 Å².